The number of aryl methyl sites for hydroxylation is 1. The van der Waals surface area contributed by atoms with Crippen molar-refractivity contribution in [3.63, 3.8) is 0 Å². The van der Waals surface area contributed by atoms with Crippen LogP contribution in [-0.2, 0) is 11.2 Å². The quantitative estimate of drug-likeness (QED) is 0.817. The first-order valence-electron chi connectivity index (χ1n) is 8.01. The Hall–Kier alpha value is -2.69. The molecule has 2 N–H and O–H groups in total. The van der Waals surface area contributed by atoms with Gasteiger partial charge in [-0.15, -0.1) is 0 Å². The van der Waals surface area contributed by atoms with Crippen LogP contribution in [0.4, 0.5) is 10.1 Å². The molecule has 2 aromatic carbocycles. The lowest BCUT2D eigenvalue weighted by molar-refractivity contribution is -0.116. The van der Waals surface area contributed by atoms with Gasteiger partial charge in [0.05, 0.1) is 11.3 Å². The molecule has 126 valence electrons. The van der Waals surface area contributed by atoms with Gasteiger partial charge in [0.2, 0.25) is 5.91 Å². The van der Waals surface area contributed by atoms with Crippen molar-refractivity contribution in [2.24, 2.45) is 0 Å². The van der Waals surface area contributed by atoms with Gasteiger partial charge in [0.25, 0.3) is 5.91 Å². The number of carbonyl (C=O) groups is 2. The van der Waals surface area contributed by atoms with Crippen LogP contribution in [0.1, 0.15) is 35.7 Å². The summed E-state index contributed by atoms with van der Waals surface area (Å²) in [6.45, 7) is 2.56. The number of anilines is 1. The Balaban J connectivity index is 1.96. The number of amides is 2. The van der Waals surface area contributed by atoms with Crippen molar-refractivity contribution in [2.45, 2.75) is 26.2 Å². The van der Waals surface area contributed by atoms with E-state index in [0.29, 0.717) is 24.2 Å². The van der Waals surface area contributed by atoms with Crippen LogP contribution in [0, 0.1) is 5.82 Å². The SMILES string of the molecule is CCCNC(=O)c1ccccc1NC(=O)CCc1ccc(F)cc1. The molecule has 0 bridgehead atoms. The molecular formula is C19H21FN2O2. The summed E-state index contributed by atoms with van der Waals surface area (Å²) in [6, 6.07) is 13.0. The molecule has 0 heterocycles. The zero-order chi connectivity index (χ0) is 17.4. The summed E-state index contributed by atoms with van der Waals surface area (Å²) in [5.41, 5.74) is 1.83. The minimum absolute atomic E-state index is 0.185. The average Bonchev–Trinajstić information content (AvgIpc) is 2.59. The van der Waals surface area contributed by atoms with Crippen LogP contribution >= 0.6 is 0 Å². The zero-order valence-electron chi connectivity index (χ0n) is 13.6. The number of nitrogens with one attached hydrogen (secondary N) is 2. The Kier molecular flexibility index (Phi) is 6.49. The molecule has 0 aliphatic rings. The molecule has 0 spiro atoms. The smallest absolute Gasteiger partial charge is 0.253 e. The van der Waals surface area contributed by atoms with Crippen LogP contribution in [0.5, 0.6) is 0 Å². The van der Waals surface area contributed by atoms with Gasteiger partial charge in [-0.3, -0.25) is 9.59 Å². The topological polar surface area (TPSA) is 58.2 Å². The van der Waals surface area contributed by atoms with Crippen LogP contribution in [0.25, 0.3) is 0 Å². The van der Waals surface area contributed by atoms with Crippen molar-refractivity contribution in [2.75, 3.05) is 11.9 Å². The molecule has 2 aromatic rings. The second kappa shape index (κ2) is 8.82. The van der Waals surface area contributed by atoms with Gasteiger partial charge in [-0.1, -0.05) is 31.2 Å². The third-order valence-electron chi connectivity index (χ3n) is 3.54. The van der Waals surface area contributed by atoms with E-state index in [1.54, 1.807) is 36.4 Å². The van der Waals surface area contributed by atoms with Gasteiger partial charge < -0.3 is 10.6 Å². The largest absolute Gasteiger partial charge is 0.352 e. The molecule has 0 radical (unpaired) electrons. The van der Waals surface area contributed by atoms with Gasteiger partial charge in [0.15, 0.2) is 0 Å². The van der Waals surface area contributed by atoms with E-state index in [2.05, 4.69) is 10.6 Å². The molecule has 0 atom stereocenters. The highest BCUT2D eigenvalue weighted by Crippen LogP contribution is 2.16. The lowest BCUT2D eigenvalue weighted by Gasteiger charge is -2.11. The summed E-state index contributed by atoms with van der Waals surface area (Å²) in [5, 5.41) is 5.58. The maximum Gasteiger partial charge on any atom is 0.253 e. The van der Waals surface area contributed by atoms with E-state index in [1.165, 1.54) is 12.1 Å². The number of hydrogen-bond acceptors (Lipinski definition) is 2. The van der Waals surface area contributed by atoms with Crippen molar-refractivity contribution < 1.29 is 14.0 Å². The van der Waals surface area contributed by atoms with Crippen molar-refractivity contribution >= 4 is 17.5 Å². The van der Waals surface area contributed by atoms with Gasteiger partial charge in [-0.25, -0.2) is 4.39 Å². The Morgan fingerprint density at radius 2 is 1.75 bits per heavy atom. The van der Waals surface area contributed by atoms with Crippen LogP contribution in [-0.4, -0.2) is 18.4 Å². The summed E-state index contributed by atoms with van der Waals surface area (Å²) < 4.78 is 12.9. The van der Waals surface area contributed by atoms with E-state index in [1.807, 2.05) is 6.92 Å². The minimum atomic E-state index is -0.296. The second-order valence-corrected chi connectivity index (χ2v) is 5.48. The van der Waals surface area contributed by atoms with Crippen LogP contribution in [0.3, 0.4) is 0 Å². The molecule has 5 heteroatoms. The first kappa shape index (κ1) is 17.7. The molecule has 2 rings (SSSR count). The summed E-state index contributed by atoms with van der Waals surface area (Å²) in [6.07, 6.45) is 1.62. The summed E-state index contributed by atoms with van der Waals surface area (Å²) >= 11 is 0. The molecule has 4 nitrogen and oxygen atoms in total. The number of benzene rings is 2. The summed E-state index contributed by atoms with van der Waals surface area (Å²) in [5.74, 6) is -0.684. The lowest BCUT2D eigenvalue weighted by atomic mass is 10.1. The minimum Gasteiger partial charge on any atom is -0.352 e. The lowest BCUT2D eigenvalue weighted by Crippen LogP contribution is -2.25. The van der Waals surface area contributed by atoms with E-state index in [4.69, 9.17) is 0 Å². The van der Waals surface area contributed by atoms with E-state index in [9.17, 15) is 14.0 Å². The average molecular weight is 328 g/mol. The third-order valence-corrected chi connectivity index (χ3v) is 3.54. The molecule has 2 amide bonds. The van der Waals surface area contributed by atoms with Crippen LogP contribution < -0.4 is 10.6 Å². The second-order valence-electron chi connectivity index (χ2n) is 5.48. The van der Waals surface area contributed by atoms with Gasteiger partial charge in [0, 0.05) is 13.0 Å². The maximum atomic E-state index is 12.9. The summed E-state index contributed by atoms with van der Waals surface area (Å²) in [7, 11) is 0. The molecule has 0 aliphatic carbocycles. The molecular weight excluding hydrogens is 307 g/mol. The van der Waals surface area contributed by atoms with E-state index < -0.39 is 0 Å². The van der Waals surface area contributed by atoms with Gasteiger partial charge in [-0.05, 0) is 42.7 Å². The molecule has 0 aromatic heterocycles. The Labute approximate surface area is 141 Å². The monoisotopic (exact) mass is 328 g/mol. The van der Waals surface area contributed by atoms with Crippen molar-refractivity contribution in [3.05, 3.63) is 65.5 Å². The Morgan fingerprint density at radius 3 is 2.46 bits per heavy atom. The predicted octanol–water partition coefficient (Wildman–Crippen LogP) is 3.54. The molecule has 0 fully saturated rings. The highest BCUT2D eigenvalue weighted by Gasteiger charge is 2.12. The first-order chi connectivity index (χ1) is 11.6. The van der Waals surface area contributed by atoms with Crippen LogP contribution in [0.15, 0.2) is 48.5 Å². The number of para-hydroxylation sites is 1. The number of hydrogen-bond donors (Lipinski definition) is 2. The highest BCUT2D eigenvalue weighted by molar-refractivity contribution is 6.03. The van der Waals surface area contributed by atoms with E-state index >= 15 is 0 Å². The molecule has 0 unspecified atom stereocenters. The van der Waals surface area contributed by atoms with E-state index in [-0.39, 0.29) is 24.1 Å². The summed E-state index contributed by atoms with van der Waals surface area (Å²) in [4.78, 5) is 24.2. The van der Waals surface area contributed by atoms with Gasteiger partial charge >= 0.3 is 0 Å². The van der Waals surface area contributed by atoms with Crippen molar-refractivity contribution in [1.82, 2.24) is 5.32 Å². The number of carbonyl (C=O) groups excluding carboxylic acids is 2. The van der Waals surface area contributed by atoms with Crippen LogP contribution in [0.2, 0.25) is 0 Å². The highest BCUT2D eigenvalue weighted by atomic mass is 19.1. The van der Waals surface area contributed by atoms with E-state index in [0.717, 1.165) is 12.0 Å². The Morgan fingerprint density at radius 1 is 1.04 bits per heavy atom. The van der Waals surface area contributed by atoms with Gasteiger partial charge in [0.1, 0.15) is 5.82 Å². The fraction of sp³-hybridized carbons (Fsp3) is 0.263. The fourth-order valence-corrected chi connectivity index (χ4v) is 2.25. The number of halogens is 1. The zero-order valence-corrected chi connectivity index (χ0v) is 13.6. The Bertz CT molecular complexity index is 699. The standard InChI is InChI=1S/C19H21FN2O2/c1-2-13-21-19(24)16-5-3-4-6-17(16)22-18(23)12-9-14-7-10-15(20)11-8-14/h3-8,10-11H,2,9,12-13H2,1H3,(H,21,24)(H,22,23). The van der Waals surface area contributed by atoms with Gasteiger partial charge in [-0.2, -0.15) is 0 Å². The molecule has 0 saturated carbocycles. The molecule has 24 heavy (non-hydrogen) atoms. The fourth-order valence-electron chi connectivity index (χ4n) is 2.25. The predicted molar refractivity (Wildman–Crippen MR) is 92.4 cm³/mol. The normalized spacial score (nSPS) is 10.2. The maximum absolute atomic E-state index is 12.9. The molecule has 0 aliphatic heterocycles. The third kappa shape index (κ3) is 5.19. The van der Waals surface area contributed by atoms with Crippen molar-refractivity contribution in [3.8, 4) is 0 Å². The number of rotatable bonds is 7. The molecule has 0 saturated heterocycles. The first-order valence-corrected chi connectivity index (χ1v) is 8.01. The van der Waals surface area contributed by atoms with Crippen molar-refractivity contribution in [1.29, 1.82) is 0 Å².